The second kappa shape index (κ2) is 7.19. The van der Waals surface area contributed by atoms with E-state index in [2.05, 4.69) is 10.1 Å². The minimum absolute atomic E-state index is 0.111. The number of ketones is 1. The van der Waals surface area contributed by atoms with Gasteiger partial charge in [0.1, 0.15) is 17.0 Å². The standard InChI is InChI=1S/C20H16N4O5/c1-2-28-14-10-6-4-8-12(14)24-19(26)16(23-21)15(17(25)20(24)27)18-22-11-7-3-5-9-13(11)29-18/h3-10,15H,2,21H2,1H3/b23-16+. The van der Waals surface area contributed by atoms with Crippen LogP contribution in [0, 0.1) is 0 Å². The Morgan fingerprint density at radius 3 is 2.55 bits per heavy atom. The average Bonchev–Trinajstić information content (AvgIpc) is 3.15. The Bertz CT molecular complexity index is 1130. The van der Waals surface area contributed by atoms with E-state index in [4.69, 9.17) is 15.0 Å². The first-order valence-corrected chi connectivity index (χ1v) is 8.84. The van der Waals surface area contributed by atoms with E-state index in [-0.39, 0.29) is 23.0 Å². The van der Waals surface area contributed by atoms with Gasteiger partial charge < -0.3 is 15.0 Å². The van der Waals surface area contributed by atoms with Crippen LogP contribution in [0.3, 0.4) is 0 Å². The summed E-state index contributed by atoms with van der Waals surface area (Å²) in [4.78, 5) is 43.9. The molecule has 0 spiro atoms. The van der Waals surface area contributed by atoms with Crippen LogP contribution >= 0.6 is 0 Å². The number of fused-ring (bicyclic) bond motifs is 1. The largest absolute Gasteiger partial charge is 0.492 e. The van der Waals surface area contributed by atoms with Crippen molar-refractivity contribution in [1.82, 2.24) is 4.98 Å². The van der Waals surface area contributed by atoms with Crippen LogP contribution in [-0.4, -0.2) is 34.9 Å². The molecule has 4 rings (SSSR count). The number of rotatable bonds is 4. The molecule has 2 amide bonds. The van der Waals surface area contributed by atoms with Gasteiger partial charge >= 0.3 is 5.91 Å². The molecule has 29 heavy (non-hydrogen) atoms. The van der Waals surface area contributed by atoms with Crippen LogP contribution in [-0.2, 0) is 14.4 Å². The molecule has 1 unspecified atom stereocenters. The molecule has 9 nitrogen and oxygen atoms in total. The van der Waals surface area contributed by atoms with Crippen LogP contribution in [0.1, 0.15) is 18.7 Å². The number of anilines is 1. The average molecular weight is 392 g/mol. The Labute approximate surface area is 164 Å². The molecule has 1 fully saturated rings. The van der Waals surface area contributed by atoms with E-state index in [1.807, 2.05) is 0 Å². The zero-order chi connectivity index (χ0) is 20.5. The number of para-hydroxylation sites is 4. The van der Waals surface area contributed by atoms with Gasteiger partial charge in [-0.2, -0.15) is 5.10 Å². The van der Waals surface area contributed by atoms with Crippen molar-refractivity contribution in [3.05, 3.63) is 54.4 Å². The van der Waals surface area contributed by atoms with Gasteiger partial charge in [-0.25, -0.2) is 9.88 Å². The predicted octanol–water partition coefficient (Wildman–Crippen LogP) is 1.77. The molecule has 2 N–H and O–H groups in total. The van der Waals surface area contributed by atoms with E-state index in [0.717, 1.165) is 4.90 Å². The number of benzene rings is 2. The van der Waals surface area contributed by atoms with Crippen molar-refractivity contribution in [2.75, 3.05) is 11.5 Å². The summed E-state index contributed by atoms with van der Waals surface area (Å²) < 4.78 is 11.1. The first-order valence-electron chi connectivity index (χ1n) is 8.84. The van der Waals surface area contributed by atoms with Gasteiger partial charge in [-0.1, -0.05) is 24.3 Å². The Hall–Kier alpha value is -4.01. The molecule has 9 heteroatoms. The van der Waals surface area contributed by atoms with Crippen LogP contribution < -0.4 is 15.5 Å². The number of piperidine rings is 1. The van der Waals surface area contributed by atoms with Crippen LogP contribution in [0.5, 0.6) is 5.75 Å². The summed E-state index contributed by atoms with van der Waals surface area (Å²) in [6, 6.07) is 13.2. The minimum atomic E-state index is -1.41. The van der Waals surface area contributed by atoms with Gasteiger partial charge in [-0.15, -0.1) is 0 Å². The van der Waals surface area contributed by atoms with E-state index in [1.54, 1.807) is 49.4 Å². The number of ether oxygens (including phenoxy) is 1. The molecule has 2 heterocycles. The summed E-state index contributed by atoms with van der Waals surface area (Å²) in [7, 11) is 0. The predicted molar refractivity (Wildman–Crippen MR) is 103 cm³/mol. The number of imide groups is 1. The van der Waals surface area contributed by atoms with Crippen molar-refractivity contribution < 1.29 is 23.5 Å². The minimum Gasteiger partial charge on any atom is -0.492 e. The maximum atomic E-state index is 13.1. The lowest BCUT2D eigenvalue weighted by atomic mass is 9.91. The Morgan fingerprint density at radius 1 is 1.10 bits per heavy atom. The van der Waals surface area contributed by atoms with Gasteiger partial charge in [0.05, 0.1) is 12.3 Å². The van der Waals surface area contributed by atoms with E-state index in [1.165, 1.54) is 6.07 Å². The Balaban J connectivity index is 1.80. The molecule has 0 aliphatic carbocycles. The molecule has 1 aliphatic heterocycles. The number of Topliss-reactive ketones (excluding diaryl/α,β-unsaturated/α-hetero) is 1. The third-order valence-corrected chi connectivity index (χ3v) is 4.47. The zero-order valence-corrected chi connectivity index (χ0v) is 15.4. The summed E-state index contributed by atoms with van der Waals surface area (Å²) in [6.45, 7) is 2.07. The highest BCUT2D eigenvalue weighted by Gasteiger charge is 2.49. The van der Waals surface area contributed by atoms with Crippen molar-refractivity contribution in [1.29, 1.82) is 0 Å². The number of hydrogen-bond donors (Lipinski definition) is 1. The third kappa shape index (κ3) is 2.92. The van der Waals surface area contributed by atoms with E-state index >= 15 is 0 Å². The van der Waals surface area contributed by atoms with Crippen molar-refractivity contribution in [3.63, 3.8) is 0 Å². The molecular weight excluding hydrogens is 376 g/mol. The number of nitrogens with two attached hydrogens (primary N) is 1. The van der Waals surface area contributed by atoms with E-state index < -0.39 is 23.5 Å². The molecule has 1 saturated heterocycles. The first kappa shape index (κ1) is 18.4. The van der Waals surface area contributed by atoms with Crippen molar-refractivity contribution in [2.24, 2.45) is 10.9 Å². The lowest BCUT2D eigenvalue weighted by Gasteiger charge is -2.29. The molecule has 146 valence electrons. The third-order valence-electron chi connectivity index (χ3n) is 4.47. The van der Waals surface area contributed by atoms with Crippen LogP contribution in [0.15, 0.2) is 58.0 Å². The summed E-state index contributed by atoms with van der Waals surface area (Å²) in [5.41, 5.74) is 0.689. The molecule has 1 aliphatic rings. The van der Waals surface area contributed by atoms with Crippen LogP contribution in [0.25, 0.3) is 11.1 Å². The van der Waals surface area contributed by atoms with E-state index in [0.29, 0.717) is 17.7 Å². The van der Waals surface area contributed by atoms with Gasteiger partial charge in [0.2, 0.25) is 11.7 Å². The van der Waals surface area contributed by atoms with Gasteiger partial charge in [0, 0.05) is 0 Å². The number of hydrogen-bond acceptors (Lipinski definition) is 8. The fourth-order valence-corrected chi connectivity index (χ4v) is 3.20. The quantitative estimate of drug-likeness (QED) is 0.310. The number of aromatic nitrogens is 1. The zero-order valence-electron chi connectivity index (χ0n) is 15.4. The maximum absolute atomic E-state index is 13.1. The number of nitrogens with zero attached hydrogens (tertiary/aromatic N) is 3. The molecule has 3 aromatic rings. The van der Waals surface area contributed by atoms with E-state index in [9.17, 15) is 14.4 Å². The van der Waals surface area contributed by atoms with Crippen LogP contribution in [0.2, 0.25) is 0 Å². The second-order valence-corrected chi connectivity index (χ2v) is 6.18. The van der Waals surface area contributed by atoms with Gasteiger partial charge in [0.25, 0.3) is 5.91 Å². The number of carbonyl (C=O) groups excluding carboxylic acids is 3. The number of amides is 2. The number of hydrazone groups is 1. The number of oxazole rings is 1. The summed E-state index contributed by atoms with van der Waals surface area (Å²) in [5, 5.41) is 3.50. The van der Waals surface area contributed by atoms with Crippen molar-refractivity contribution in [3.8, 4) is 5.75 Å². The fraction of sp³-hybridized carbons (Fsp3) is 0.150. The summed E-state index contributed by atoms with van der Waals surface area (Å²) in [5.74, 6) is 1.39. The topological polar surface area (TPSA) is 128 Å². The first-order chi connectivity index (χ1) is 14.1. The molecule has 1 atom stereocenters. The molecule has 1 aromatic heterocycles. The molecule has 0 radical (unpaired) electrons. The lowest BCUT2D eigenvalue weighted by molar-refractivity contribution is -0.139. The Morgan fingerprint density at radius 2 is 1.83 bits per heavy atom. The van der Waals surface area contributed by atoms with Crippen LogP contribution in [0.4, 0.5) is 5.69 Å². The van der Waals surface area contributed by atoms with Gasteiger partial charge in [-0.05, 0) is 31.2 Å². The highest BCUT2D eigenvalue weighted by Crippen LogP contribution is 2.34. The molecule has 0 bridgehead atoms. The van der Waals surface area contributed by atoms with Gasteiger partial charge in [0.15, 0.2) is 11.5 Å². The van der Waals surface area contributed by atoms with Gasteiger partial charge in [-0.3, -0.25) is 14.4 Å². The second-order valence-electron chi connectivity index (χ2n) is 6.18. The molecule has 2 aromatic carbocycles. The maximum Gasteiger partial charge on any atom is 0.302 e. The molecular formula is C20H16N4O5. The lowest BCUT2D eigenvalue weighted by Crippen LogP contribution is -2.55. The molecule has 0 saturated carbocycles. The highest BCUT2D eigenvalue weighted by molar-refractivity contribution is 6.67. The normalized spacial score (nSPS) is 18.7. The Kier molecular flexibility index (Phi) is 4.55. The smallest absolute Gasteiger partial charge is 0.302 e. The highest BCUT2D eigenvalue weighted by atomic mass is 16.5. The fourth-order valence-electron chi connectivity index (χ4n) is 3.20. The monoisotopic (exact) mass is 392 g/mol. The SMILES string of the molecule is CCOc1ccccc1N1C(=O)C(=O)C(c2nc3ccccc3o2)/C(=N\N)C1=O. The van der Waals surface area contributed by atoms with Crippen molar-refractivity contribution in [2.45, 2.75) is 12.8 Å². The van der Waals surface area contributed by atoms with Crippen molar-refractivity contribution >= 4 is 40.1 Å². The summed E-state index contributed by atoms with van der Waals surface area (Å²) in [6.07, 6.45) is 0. The number of carbonyl (C=O) groups is 3. The summed E-state index contributed by atoms with van der Waals surface area (Å²) >= 11 is 0.